The number of hydrogen-bond acceptors (Lipinski definition) is 2. The van der Waals surface area contributed by atoms with Gasteiger partial charge in [-0.2, -0.15) is 0 Å². The zero-order valence-electron chi connectivity index (χ0n) is 21.6. The van der Waals surface area contributed by atoms with E-state index in [-0.39, 0.29) is 0 Å². The van der Waals surface area contributed by atoms with Crippen LogP contribution in [-0.4, -0.2) is 28.4 Å². The van der Waals surface area contributed by atoms with Crippen molar-refractivity contribution < 1.29 is 5.11 Å². The molecule has 1 aliphatic rings. The number of fused-ring (bicyclic) bond motifs is 3. The highest BCUT2D eigenvalue weighted by molar-refractivity contribution is 6.15. The highest BCUT2D eigenvalue weighted by atomic mass is 16.3. The molecule has 0 radical (unpaired) electrons. The van der Waals surface area contributed by atoms with E-state index in [1.807, 2.05) is 0 Å². The molecule has 0 aliphatic heterocycles. The summed E-state index contributed by atoms with van der Waals surface area (Å²) in [6.45, 7) is 3.48. The predicted molar refractivity (Wildman–Crippen MR) is 156 cm³/mol. The number of aliphatic hydroxyl groups excluding tert-OH is 1. The molecular formula is C34H36N2O. The molecule has 0 unspecified atom stereocenters. The summed E-state index contributed by atoms with van der Waals surface area (Å²) in [6, 6.07) is 34.9. The van der Waals surface area contributed by atoms with Crippen molar-refractivity contribution in [1.82, 2.24) is 9.88 Å². The first kappa shape index (κ1) is 24.0. The molecule has 188 valence electrons. The lowest BCUT2D eigenvalue weighted by Crippen LogP contribution is -2.42. The Morgan fingerprint density at radius 2 is 1.46 bits per heavy atom. The van der Waals surface area contributed by atoms with Crippen LogP contribution in [0.15, 0.2) is 97.1 Å². The lowest BCUT2D eigenvalue weighted by molar-refractivity contribution is 0.140. The summed E-state index contributed by atoms with van der Waals surface area (Å²) in [4.78, 5) is 0. The van der Waals surface area contributed by atoms with E-state index in [1.165, 1.54) is 69.7 Å². The molecule has 6 rings (SSSR count). The quantitative estimate of drug-likeness (QED) is 0.247. The second-order valence-corrected chi connectivity index (χ2v) is 10.7. The maximum absolute atomic E-state index is 11.4. The Morgan fingerprint density at radius 1 is 0.784 bits per heavy atom. The monoisotopic (exact) mass is 488 g/mol. The summed E-state index contributed by atoms with van der Waals surface area (Å²) >= 11 is 0. The van der Waals surface area contributed by atoms with Gasteiger partial charge in [-0.1, -0.05) is 117 Å². The van der Waals surface area contributed by atoms with Crippen molar-refractivity contribution in [2.45, 2.75) is 51.3 Å². The third-order valence-electron chi connectivity index (χ3n) is 8.18. The Hall–Kier alpha value is -3.40. The maximum Gasteiger partial charge on any atom is 0.0843 e. The zero-order valence-corrected chi connectivity index (χ0v) is 21.6. The first-order valence-corrected chi connectivity index (χ1v) is 13.8. The van der Waals surface area contributed by atoms with Crippen LogP contribution in [-0.2, 0) is 6.54 Å². The minimum atomic E-state index is -0.491. The molecule has 37 heavy (non-hydrogen) atoms. The van der Waals surface area contributed by atoms with Crippen LogP contribution in [0, 0.1) is 5.92 Å². The molecule has 1 heterocycles. The smallest absolute Gasteiger partial charge is 0.0843 e. The van der Waals surface area contributed by atoms with Crippen molar-refractivity contribution in [2.24, 2.45) is 5.92 Å². The summed E-state index contributed by atoms with van der Waals surface area (Å²) in [7, 11) is 0. The van der Waals surface area contributed by atoms with Crippen LogP contribution in [0.2, 0.25) is 0 Å². The van der Waals surface area contributed by atoms with Gasteiger partial charge in [0.15, 0.2) is 0 Å². The number of nitrogens with zero attached hydrogens (tertiary/aromatic N) is 1. The molecule has 0 saturated heterocycles. The maximum atomic E-state index is 11.4. The molecule has 3 atom stereocenters. The van der Waals surface area contributed by atoms with Crippen molar-refractivity contribution in [2.75, 3.05) is 6.54 Å². The van der Waals surface area contributed by atoms with Gasteiger partial charge >= 0.3 is 0 Å². The molecule has 1 aromatic heterocycles. The van der Waals surface area contributed by atoms with Gasteiger partial charge in [0, 0.05) is 28.9 Å². The van der Waals surface area contributed by atoms with E-state index in [0.717, 1.165) is 0 Å². The number of rotatable bonds is 7. The summed E-state index contributed by atoms with van der Waals surface area (Å²) in [5.74, 6) is 0.668. The van der Waals surface area contributed by atoms with Crippen LogP contribution < -0.4 is 5.32 Å². The van der Waals surface area contributed by atoms with Gasteiger partial charge in [0.2, 0.25) is 0 Å². The SMILES string of the molecule is C[C@@H]1CCCC[C@@H]1NC[C@@H](O)Cn1c(-c2ccccc2)c(-c2ccccc2)c2ccc3ccccc3c21. The van der Waals surface area contributed by atoms with Gasteiger partial charge in [-0.25, -0.2) is 0 Å². The first-order chi connectivity index (χ1) is 18.2. The standard InChI is InChI=1S/C34H36N2O/c1-24-12-8-11-19-31(24)35-22-28(37)23-36-33(27-16-6-3-7-17-27)32(26-14-4-2-5-15-26)30-21-20-25-13-9-10-18-29(25)34(30)36/h2-7,9-10,13-18,20-21,24,28,31,35,37H,8,11-12,19,22-23H2,1H3/t24-,28-,31+/m1/s1. The van der Waals surface area contributed by atoms with E-state index < -0.39 is 6.10 Å². The Balaban J connectivity index is 1.51. The normalized spacial score (nSPS) is 18.9. The average molecular weight is 489 g/mol. The summed E-state index contributed by atoms with van der Waals surface area (Å²) in [5, 5.41) is 18.8. The first-order valence-electron chi connectivity index (χ1n) is 13.8. The minimum Gasteiger partial charge on any atom is -0.390 e. The van der Waals surface area contributed by atoms with Crippen LogP contribution >= 0.6 is 0 Å². The van der Waals surface area contributed by atoms with Crippen LogP contribution in [0.4, 0.5) is 0 Å². The van der Waals surface area contributed by atoms with Gasteiger partial charge in [0.1, 0.15) is 0 Å². The molecule has 1 saturated carbocycles. The molecule has 0 bridgehead atoms. The molecule has 2 N–H and O–H groups in total. The van der Waals surface area contributed by atoms with Crippen molar-refractivity contribution in [3.8, 4) is 22.4 Å². The third-order valence-corrected chi connectivity index (χ3v) is 8.18. The zero-order chi connectivity index (χ0) is 25.2. The van der Waals surface area contributed by atoms with Crippen LogP contribution in [0.3, 0.4) is 0 Å². The van der Waals surface area contributed by atoms with Crippen molar-refractivity contribution >= 4 is 21.7 Å². The molecule has 0 spiro atoms. The Kier molecular flexibility index (Phi) is 6.82. The third kappa shape index (κ3) is 4.70. The molecule has 1 fully saturated rings. The van der Waals surface area contributed by atoms with Gasteiger partial charge in [0.05, 0.1) is 23.9 Å². The van der Waals surface area contributed by atoms with E-state index in [1.54, 1.807) is 0 Å². The van der Waals surface area contributed by atoms with Gasteiger partial charge < -0.3 is 15.0 Å². The van der Waals surface area contributed by atoms with Crippen molar-refractivity contribution in [3.63, 3.8) is 0 Å². The Morgan fingerprint density at radius 3 is 2.22 bits per heavy atom. The lowest BCUT2D eigenvalue weighted by Gasteiger charge is -2.30. The fourth-order valence-electron chi connectivity index (χ4n) is 6.28. The van der Waals surface area contributed by atoms with E-state index in [4.69, 9.17) is 0 Å². The van der Waals surface area contributed by atoms with Crippen LogP contribution in [0.25, 0.3) is 44.1 Å². The van der Waals surface area contributed by atoms with E-state index >= 15 is 0 Å². The van der Waals surface area contributed by atoms with Gasteiger partial charge in [-0.15, -0.1) is 0 Å². The number of benzene rings is 4. The number of aromatic nitrogens is 1. The summed E-state index contributed by atoms with van der Waals surface area (Å²) in [5.41, 5.74) is 5.96. The second kappa shape index (κ2) is 10.5. The average Bonchev–Trinajstić information content (AvgIpc) is 3.28. The van der Waals surface area contributed by atoms with Gasteiger partial charge in [-0.05, 0) is 35.3 Å². The molecule has 3 nitrogen and oxygen atoms in total. The van der Waals surface area contributed by atoms with E-state index in [9.17, 15) is 5.11 Å². The molecule has 1 aliphatic carbocycles. The predicted octanol–water partition coefficient (Wildman–Crippen LogP) is 7.66. The van der Waals surface area contributed by atoms with Crippen LogP contribution in [0.5, 0.6) is 0 Å². The number of nitrogens with one attached hydrogen (secondary N) is 1. The van der Waals surface area contributed by atoms with Crippen molar-refractivity contribution in [1.29, 1.82) is 0 Å². The molecule has 3 heteroatoms. The van der Waals surface area contributed by atoms with Crippen molar-refractivity contribution in [3.05, 3.63) is 97.1 Å². The fraction of sp³-hybridized carbons (Fsp3) is 0.294. The lowest BCUT2D eigenvalue weighted by atomic mass is 9.86. The summed E-state index contributed by atoms with van der Waals surface area (Å²) < 4.78 is 2.38. The number of aliphatic hydroxyl groups is 1. The largest absolute Gasteiger partial charge is 0.390 e. The fourth-order valence-corrected chi connectivity index (χ4v) is 6.28. The molecule has 0 amide bonds. The molecule has 4 aromatic carbocycles. The molecular weight excluding hydrogens is 452 g/mol. The Labute approximate surface area is 219 Å². The number of hydrogen-bond donors (Lipinski definition) is 2. The Bertz CT molecular complexity index is 1490. The summed E-state index contributed by atoms with van der Waals surface area (Å²) in [6.07, 6.45) is 4.60. The highest BCUT2D eigenvalue weighted by Gasteiger charge is 2.25. The van der Waals surface area contributed by atoms with E-state index in [2.05, 4.69) is 114 Å². The van der Waals surface area contributed by atoms with Crippen LogP contribution in [0.1, 0.15) is 32.6 Å². The second-order valence-electron chi connectivity index (χ2n) is 10.7. The minimum absolute atomic E-state index is 0.491. The molecule has 5 aromatic rings. The van der Waals surface area contributed by atoms with Gasteiger partial charge in [-0.3, -0.25) is 0 Å². The topological polar surface area (TPSA) is 37.2 Å². The highest BCUT2D eigenvalue weighted by Crippen LogP contribution is 2.43. The van der Waals surface area contributed by atoms with Gasteiger partial charge in [0.25, 0.3) is 0 Å². The van der Waals surface area contributed by atoms with E-state index in [0.29, 0.717) is 25.0 Å².